The highest BCUT2D eigenvalue weighted by Gasteiger charge is 2.30. The number of benzene rings is 1. The van der Waals surface area contributed by atoms with Crippen molar-refractivity contribution >= 4 is 35.6 Å². The minimum atomic E-state index is -1.50. The third-order valence-corrected chi connectivity index (χ3v) is 5.49. The van der Waals surface area contributed by atoms with Crippen molar-refractivity contribution in [2.24, 2.45) is 11.5 Å². The van der Waals surface area contributed by atoms with Crippen LogP contribution in [-0.4, -0.2) is 81.7 Å². The number of hydrogen-bond acceptors (Lipinski definition) is 8. The summed E-state index contributed by atoms with van der Waals surface area (Å²) in [6, 6.07) is 3.21. The van der Waals surface area contributed by atoms with Crippen LogP contribution in [0.2, 0.25) is 0 Å². The summed E-state index contributed by atoms with van der Waals surface area (Å²) in [6.45, 7) is 0.312. The highest BCUT2D eigenvalue weighted by Crippen LogP contribution is 2.08. The third kappa shape index (κ3) is 12.3. The third-order valence-electron chi connectivity index (χ3n) is 5.49. The lowest BCUT2D eigenvalue weighted by Gasteiger charge is -2.25. The lowest BCUT2D eigenvalue weighted by atomic mass is 10.0. The number of hydrogen-bond donors (Lipinski definition) is 8. The predicted molar refractivity (Wildman–Crippen MR) is 134 cm³/mol. The molecular weight excluding hydrogens is 502 g/mol. The smallest absolute Gasteiger partial charge is 0.326 e. The number of aliphatic carboxylic acids is 3. The molecule has 4 atom stereocenters. The van der Waals surface area contributed by atoms with Crippen LogP contribution < -0.4 is 27.4 Å². The van der Waals surface area contributed by atoms with Crippen LogP contribution in [0, 0.1) is 0 Å². The van der Waals surface area contributed by atoms with E-state index in [1.54, 1.807) is 30.3 Å². The van der Waals surface area contributed by atoms with Crippen molar-refractivity contribution in [3.8, 4) is 0 Å². The molecule has 0 spiro atoms. The largest absolute Gasteiger partial charge is 0.481 e. The van der Waals surface area contributed by atoms with E-state index in [0.29, 0.717) is 24.9 Å². The molecule has 14 nitrogen and oxygen atoms in total. The van der Waals surface area contributed by atoms with Crippen molar-refractivity contribution in [1.82, 2.24) is 16.0 Å². The molecule has 3 amide bonds. The van der Waals surface area contributed by atoms with Gasteiger partial charge in [-0.15, -0.1) is 0 Å². The van der Waals surface area contributed by atoms with Crippen LogP contribution in [0.15, 0.2) is 30.3 Å². The van der Waals surface area contributed by atoms with Gasteiger partial charge in [0, 0.05) is 12.8 Å². The van der Waals surface area contributed by atoms with Crippen LogP contribution in [0.1, 0.15) is 44.1 Å². The van der Waals surface area contributed by atoms with Gasteiger partial charge in [-0.25, -0.2) is 4.79 Å². The van der Waals surface area contributed by atoms with Crippen LogP contribution >= 0.6 is 0 Å². The standard InChI is InChI=1S/C24H35N5O9/c25-11-5-4-8-16(22(35)28-17(24(37)38)9-10-19(30)31)27-23(36)18(12-14-6-2-1-3-7-14)29-21(34)15(26)13-20(32)33/h1-3,6-7,15-18H,4-5,8-13,25-26H2,(H,27,36)(H,28,35)(H,29,34)(H,30,31)(H,32,33)(H,37,38). The number of amides is 3. The van der Waals surface area contributed by atoms with Crippen molar-refractivity contribution in [1.29, 1.82) is 0 Å². The van der Waals surface area contributed by atoms with Crippen molar-refractivity contribution in [3.63, 3.8) is 0 Å². The summed E-state index contributed by atoms with van der Waals surface area (Å²) in [5.74, 6) is -6.49. The number of carboxylic acid groups (broad SMARTS) is 3. The first-order valence-electron chi connectivity index (χ1n) is 12.0. The molecule has 0 fully saturated rings. The van der Waals surface area contributed by atoms with Crippen molar-refractivity contribution in [3.05, 3.63) is 35.9 Å². The first-order valence-corrected chi connectivity index (χ1v) is 12.0. The van der Waals surface area contributed by atoms with E-state index in [1.807, 2.05) is 0 Å². The topological polar surface area (TPSA) is 251 Å². The quantitative estimate of drug-likeness (QED) is 0.101. The Kier molecular flexibility index (Phi) is 14.0. The van der Waals surface area contributed by atoms with Gasteiger partial charge in [-0.05, 0) is 37.8 Å². The summed E-state index contributed by atoms with van der Waals surface area (Å²) in [7, 11) is 0. The van der Waals surface area contributed by atoms with Gasteiger partial charge in [0.25, 0.3) is 0 Å². The van der Waals surface area contributed by atoms with Gasteiger partial charge in [0.1, 0.15) is 18.1 Å². The zero-order valence-corrected chi connectivity index (χ0v) is 20.8. The number of carbonyl (C=O) groups is 6. The summed E-state index contributed by atoms with van der Waals surface area (Å²) in [6.07, 6.45) is -0.535. The van der Waals surface area contributed by atoms with Crippen LogP contribution in [0.5, 0.6) is 0 Å². The molecule has 0 heterocycles. The second kappa shape index (κ2) is 16.7. The van der Waals surface area contributed by atoms with Crippen LogP contribution in [0.3, 0.4) is 0 Å². The summed E-state index contributed by atoms with van der Waals surface area (Å²) < 4.78 is 0. The summed E-state index contributed by atoms with van der Waals surface area (Å²) >= 11 is 0. The van der Waals surface area contributed by atoms with Gasteiger partial charge in [0.2, 0.25) is 17.7 Å². The highest BCUT2D eigenvalue weighted by atomic mass is 16.4. The molecule has 210 valence electrons. The van der Waals surface area contributed by atoms with E-state index >= 15 is 0 Å². The summed E-state index contributed by atoms with van der Waals surface area (Å²) in [4.78, 5) is 71.9. The van der Waals surface area contributed by atoms with Gasteiger partial charge in [-0.1, -0.05) is 30.3 Å². The number of unbranched alkanes of at least 4 members (excludes halogenated alkanes) is 1. The monoisotopic (exact) mass is 537 g/mol. The van der Waals surface area contributed by atoms with E-state index in [2.05, 4.69) is 16.0 Å². The van der Waals surface area contributed by atoms with Gasteiger partial charge in [0.05, 0.1) is 12.5 Å². The SMILES string of the molecule is NCCCCC(NC(=O)C(Cc1ccccc1)NC(=O)C(N)CC(=O)O)C(=O)NC(CCC(=O)O)C(=O)O. The fourth-order valence-electron chi connectivity index (χ4n) is 3.45. The maximum absolute atomic E-state index is 13.2. The van der Waals surface area contributed by atoms with Crippen LogP contribution in [-0.2, 0) is 35.2 Å². The minimum absolute atomic E-state index is 0.00823. The maximum atomic E-state index is 13.2. The van der Waals surface area contributed by atoms with Crippen LogP contribution in [0.4, 0.5) is 0 Å². The number of nitrogens with two attached hydrogens (primary N) is 2. The molecular formula is C24H35N5O9. The van der Waals surface area contributed by atoms with Gasteiger partial charge < -0.3 is 42.7 Å². The van der Waals surface area contributed by atoms with Crippen LogP contribution in [0.25, 0.3) is 0 Å². The number of rotatable bonds is 18. The zero-order valence-electron chi connectivity index (χ0n) is 20.8. The molecule has 38 heavy (non-hydrogen) atoms. The average molecular weight is 538 g/mol. The number of carbonyl (C=O) groups excluding carboxylic acids is 3. The Morgan fingerprint density at radius 2 is 1.32 bits per heavy atom. The predicted octanol–water partition coefficient (Wildman–Crippen LogP) is -1.44. The second-order valence-electron chi connectivity index (χ2n) is 8.63. The molecule has 10 N–H and O–H groups in total. The van der Waals surface area contributed by atoms with Gasteiger partial charge in [-0.2, -0.15) is 0 Å². The first kappa shape index (κ1) is 32.0. The normalized spacial score (nSPS) is 13.8. The van der Waals surface area contributed by atoms with E-state index in [1.165, 1.54) is 0 Å². The molecule has 0 aliphatic heterocycles. The molecule has 0 aromatic heterocycles. The Morgan fingerprint density at radius 3 is 1.87 bits per heavy atom. The average Bonchev–Trinajstić information content (AvgIpc) is 2.85. The second-order valence-corrected chi connectivity index (χ2v) is 8.63. The molecule has 4 unspecified atom stereocenters. The van der Waals surface area contributed by atoms with E-state index in [-0.39, 0.29) is 19.3 Å². The number of nitrogens with one attached hydrogen (secondary N) is 3. The fourth-order valence-corrected chi connectivity index (χ4v) is 3.45. The molecule has 1 aromatic rings. The molecule has 0 bridgehead atoms. The molecule has 1 aromatic carbocycles. The van der Waals surface area contributed by atoms with Gasteiger partial charge in [-0.3, -0.25) is 24.0 Å². The molecule has 0 radical (unpaired) electrons. The summed E-state index contributed by atoms with van der Waals surface area (Å²) in [5, 5.41) is 34.3. The Balaban J connectivity index is 3.10. The molecule has 14 heteroatoms. The van der Waals surface area contributed by atoms with E-state index < -0.39 is 72.6 Å². The summed E-state index contributed by atoms with van der Waals surface area (Å²) in [5.41, 5.74) is 11.8. The highest BCUT2D eigenvalue weighted by molar-refractivity contribution is 5.95. The molecule has 1 rings (SSSR count). The Morgan fingerprint density at radius 1 is 0.737 bits per heavy atom. The molecule has 0 aliphatic rings. The van der Waals surface area contributed by atoms with E-state index in [0.717, 1.165) is 0 Å². The van der Waals surface area contributed by atoms with Crippen molar-refractivity contribution in [2.75, 3.05) is 6.54 Å². The minimum Gasteiger partial charge on any atom is -0.481 e. The zero-order chi connectivity index (χ0) is 28.7. The Labute approximate surface area is 219 Å². The van der Waals surface area contributed by atoms with Gasteiger partial charge in [0.15, 0.2) is 0 Å². The molecule has 0 saturated carbocycles. The lowest BCUT2D eigenvalue weighted by molar-refractivity contribution is -0.143. The Hall–Kier alpha value is -4.04. The van der Waals surface area contributed by atoms with Crippen molar-refractivity contribution in [2.45, 2.75) is 69.1 Å². The van der Waals surface area contributed by atoms with Gasteiger partial charge >= 0.3 is 17.9 Å². The molecule has 0 aliphatic carbocycles. The Bertz CT molecular complexity index is 973. The first-order chi connectivity index (χ1) is 17.9. The fraction of sp³-hybridized carbons (Fsp3) is 0.500. The maximum Gasteiger partial charge on any atom is 0.326 e. The van der Waals surface area contributed by atoms with E-state index in [9.17, 15) is 33.9 Å². The lowest BCUT2D eigenvalue weighted by Crippen LogP contribution is -2.57. The van der Waals surface area contributed by atoms with Crippen molar-refractivity contribution < 1.29 is 44.1 Å². The van der Waals surface area contributed by atoms with E-state index in [4.69, 9.17) is 21.7 Å². The number of carboxylic acids is 3. The molecule has 0 saturated heterocycles.